The van der Waals surface area contributed by atoms with Crippen molar-refractivity contribution in [2.75, 3.05) is 5.75 Å². The highest BCUT2D eigenvalue weighted by molar-refractivity contribution is 7.99. The average Bonchev–Trinajstić information content (AvgIpc) is 2.61. The zero-order chi connectivity index (χ0) is 11.5. The van der Waals surface area contributed by atoms with Crippen LogP contribution in [0.25, 0.3) is 5.65 Å². The molecular formula is C9H10N4O2S. The van der Waals surface area contributed by atoms with Gasteiger partial charge in [0.1, 0.15) is 10.9 Å². The van der Waals surface area contributed by atoms with E-state index in [1.165, 1.54) is 11.8 Å². The predicted molar refractivity (Wildman–Crippen MR) is 58.5 cm³/mol. The van der Waals surface area contributed by atoms with Gasteiger partial charge in [0.25, 0.3) is 0 Å². The second-order valence-electron chi connectivity index (χ2n) is 3.17. The summed E-state index contributed by atoms with van der Waals surface area (Å²) in [5.41, 5.74) is 0.676. The van der Waals surface area contributed by atoms with E-state index in [1.807, 2.05) is 11.3 Å². The molecule has 0 aliphatic rings. The lowest BCUT2D eigenvalue weighted by atomic mass is 10.5. The van der Waals surface area contributed by atoms with Gasteiger partial charge in [-0.05, 0) is 6.92 Å². The van der Waals surface area contributed by atoms with Crippen LogP contribution in [0.5, 0.6) is 0 Å². The molecule has 0 amide bonds. The van der Waals surface area contributed by atoms with Gasteiger partial charge in [0, 0.05) is 18.1 Å². The summed E-state index contributed by atoms with van der Waals surface area (Å²) >= 11 is 1.38. The molecule has 0 radical (unpaired) electrons. The largest absolute Gasteiger partial charge is 0.481 e. The van der Waals surface area contributed by atoms with Crippen molar-refractivity contribution in [1.82, 2.24) is 19.6 Å². The number of carboxylic acids is 1. The number of hydrogen-bond donors (Lipinski definition) is 1. The van der Waals surface area contributed by atoms with Crippen molar-refractivity contribution < 1.29 is 9.90 Å². The Kier molecular flexibility index (Phi) is 3.04. The van der Waals surface area contributed by atoms with Crippen LogP contribution in [0.4, 0.5) is 0 Å². The Morgan fingerprint density at radius 3 is 3.12 bits per heavy atom. The monoisotopic (exact) mass is 238 g/mol. The van der Waals surface area contributed by atoms with E-state index in [0.29, 0.717) is 16.4 Å². The SMILES string of the molecule is Cc1nnc2c(SCCC(=O)O)nccn12. The lowest BCUT2D eigenvalue weighted by Gasteiger charge is -2.00. The second-order valence-corrected chi connectivity index (χ2v) is 4.25. The smallest absolute Gasteiger partial charge is 0.304 e. The van der Waals surface area contributed by atoms with Crippen LogP contribution in [-0.2, 0) is 4.79 Å². The Morgan fingerprint density at radius 1 is 1.56 bits per heavy atom. The van der Waals surface area contributed by atoms with Crippen LogP contribution in [0, 0.1) is 6.92 Å². The number of carboxylic acid groups (broad SMARTS) is 1. The first-order chi connectivity index (χ1) is 7.68. The summed E-state index contributed by atoms with van der Waals surface area (Å²) in [6.07, 6.45) is 3.55. The van der Waals surface area contributed by atoms with E-state index >= 15 is 0 Å². The van der Waals surface area contributed by atoms with Gasteiger partial charge >= 0.3 is 5.97 Å². The summed E-state index contributed by atoms with van der Waals surface area (Å²) < 4.78 is 1.83. The van der Waals surface area contributed by atoms with Crippen LogP contribution in [-0.4, -0.2) is 36.4 Å². The minimum absolute atomic E-state index is 0.112. The maximum absolute atomic E-state index is 10.4. The fourth-order valence-electron chi connectivity index (χ4n) is 1.26. The number of hydrogen-bond acceptors (Lipinski definition) is 5. The molecule has 7 heteroatoms. The Hall–Kier alpha value is -1.63. The van der Waals surface area contributed by atoms with Crippen LogP contribution in [0.3, 0.4) is 0 Å². The molecule has 0 bridgehead atoms. The Bertz CT molecular complexity index is 525. The van der Waals surface area contributed by atoms with Gasteiger partial charge in [0.2, 0.25) is 0 Å². The van der Waals surface area contributed by atoms with E-state index < -0.39 is 5.97 Å². The molecule has 0 aliphatic heterocycles. The van der Waals surface area contributed by atoms with Crippen molar-refractivity contribution in [3.63, 3.8) is 0 Å². The third-order valence-corrected chi connectivity index (χ3v) is 2.99. The van der Waals surface area contributed by atoms with E-state index in [2.05, 4.69) is 15.2 Å². The third-order valence-electron chi connectivity index (χ3n) is 2.02. The van der Waals surface area contributed by atoms with Gasteiger partial charge in [-0.1, -0.05) is 0 Å². The summed E-state index contributed by atoms with van der Waals surface area (Å²) in [6.45, 7) is 1.85. The van der Waals surface area contributed by atoms with Gasteiger partial charge in [-0.3, -0.25) is 9.20 Å². The highest BCUT2D eigenvalue weighted by Crippen LogP contribution is 2.20. The molecule has 0 spiro atoms. The molecule has 2 heterocycles. The lowest BCUT2D eigenvalue weighted by molar-refractivity contribution is -0.136. The molecule has 0 aromatic carbocycles. The summed E-state index contributed by atoms with van der Waals surface area (Å²) in [5.74, 6) is 0.461. The van der Waals surface area contributed by atoms with Crippen molar-refractivity contribution in [3.8, 4) is 0 Å². The van der Waals surface area contributed by atoms with Gasteiger partial charge in [0.15, 0.2) is 5.65 Å². The van der Waals surface area contributed by atoms with Crippen molar-refractivity contribution in [2.24, 2.45) is 0 Å². The molecule has 2 aromatic heterocycles. The highest BCUT2D eigenvalue weighted by atomic mass is 32.2. The molecule has 1 N–H and O–H groups in total. The lowest BCUT2D eigenvalue weighted by Crippen LogP contribution is -1.97. The second kappa shape index (κ2) is 4.48. The topological polar surface area (TPSA) is 80.4 Å². The number of aliphatic carboxylic acids is 1. The third kappa shape index (κ3) is 2.13. The van der Waals surface area contributed by atoms with Crippen LogP contribution >= 0.6 is 11.8 Å². The van der Waals surface area contributed by atoms with E-state index in [9.17, 15) is 4.79 Å². The summed E-state index contributed by atoms with van der Waals surface area (Å²) in [7, 11) is 0. The van der Waals surface area contributed by atoms with Crippen molar-refractivity contribution >= 4 is 23.4 Å². The fraction of sp³-hybridized carbons (Fsp3) is 0.333. The van der Waals surface area contributed by atoms with Crippen LogP contribution in [0.1, 0.15) is 12.2 Å². The predicted octanol–water partition coefficient (Wildman–Crippen LogP) is 1.000. The number of aromatic nitrogens is 4. The molecule has 0 atom stereocenters. The summed E-state index contributed by atoms with van der Waals surface area (Å²) in [5, 5.41) is 17.2. The number of carbonyl (C=O) groups is 1. The Labute approximate surface area is 95.7 Å². The van der Waals surface area contributed by atoms with Crippen molar-refractivity contribution in [2.45, 2.75) is 18.4 Å². The van der Waals surface area contributed by atoms with E-state index in [0.717, 1.165) is 5.82 Å². The zero-order valence-electron chi connectivity index (χ0n) is 8.62. The molecule has 0 fully saturated rings. The van der Waals surface area contributed by atoms with E-state index in [4.69, 9.17) is 5.11 Å². The fourth-order valence-corrected chi connectivity index (χ4v) is 2.13. The summed E-state index contributed by atoms with van der Waals surface area (Å²) in [4.78, 5) is 14.6. The molecule has 16 heavy (non-hydrogen) atoms. The first-order valence-electron chi connectivity index (χ1n) is 4.69. The molecule has 6 nitrogen and oxygen atoms in total. The van der Waals surface area contributed by atoms with E-state index in [1.54, 1.807) is 12.4 Å². The number of aryl methyl sites for hydroxylation is 1. The minimum atomic E-state index is -0.808. The number of thioether (sulfide) groups is 1. The van der Waals surface area contributed by atoms with Crippen LogP contribution < -0.4 is 0 Å². The van der Waals surface area contributed by atoms with Gasteiger partial charge in [-0.15, -0.1) is 22.0 Å². The molecule has 0 saturated carbocycles. The standard InChI is InChI=1S/C9H10N4O2S/c1-6-11-12-8-9(10-3-4-13(6)8)16-5-2-7(14)15/h3-4H,2,5H2,1H3,(H,14,15). The number of rotatable bonds is 4. The number of nitrogens with zero attached hydrogens (tertiary/aromatic N) is 4. The molecule has 0 aliphatic carbocycles. The van der Waals surface area contributed by atoms with Crippen molar-refractivity contribution in [1.29, 1.82) is 0 Å². The molecule has 84 valence electrons. The quantitative estimate of drug-likeness (QED) is 0.800. The molecule has 2 aromatic rings. The normalized spacial score (nSPS) is 10.8. The maximum atomic E-state index is 10.4. The van der Waals surface area contributed by atoms with Gasteiger partial charge in [-0.25, -0.2) is 4.98 Å². The van der Waals surface area contributed by atoms with Crippen LogP contribution in [0.2, 0.25) is 0 Å². The first-order valence-corrected chi connectivity index (χ1v) is 5.68. The maximum Gasteiger partial charge on any atom is 0.304 e. The molecule has 2 rings (SSSR count). The summed E-state index contributed by atoms with van der Waals surface area (Å²) in [6, 6.07) is 0. The van der Waals surface area contributed by atoms with E-state index in [-0.39, 0.29) is 6.42 Å². The van der Waals surface area contributed by atoms with Gasteiger partial charge in [-0.2, -0.15) is 0 Å². The minimum Gasteiger partial charge on any atom is -0.481 e. The number of fused-ring (bicyclic) bond motifs is 1. The van der Waals surface area contributed by atoms with Gasteiger partial charge in [0.05, 0.1) is 6.42 Å². The molecule has 0 saturated heterocycles. The molecule has 0 unspecified atom stereocenters. The van der Waals surface area contributed by atoms with Gasteiger partial charge < -0.3 is 5.11 Å². The van der Waals surface area contributed by atoms with Crippen LogP contribution in [0.15, 0.2) is 17.4 Å². The Balaban J connectivity index is 2.20. The Morgan fingerprint density at radius 2 is 2.38 bits per heavy atom. The molecular weight excluding hydrogens is 228 g/mol. The highest BCUT2D eigenvalue weighted by Gasteiger charge is 2.08. The van der Waals surface area contributed by atoms with Crippen molar-refractivity contribution in [3.05, 3.63) is 18.2 Å². The average molecular weight is 238 g/mol. The zero-order valence-corrected chi connectivity index (χ0v) is 9.44. The first kappa shape index (κ1) is 10.9.